The van der Waals surface area contributed by atoms with Crippen molar-refractivity contribution in [2.24, 2.45) is 5.92 Å². The minimum absolute atomic E-state index is 0.511. The lowest BCUT2D eigenvalue weighted by molar-refractivity contribution is -0.137. The quantitative estimate of drug-likeness (QED) is 0.748. The number of nitrogens with one attached hydrogen (secondary N) is 1. The lowest BCUT2D eigenvalue weighted by Gasteiger charge is -2.21. The SMILES string of the molecule is Cc1cc(CNCCC2CCCCC2)cc(C(F)(F)F)c1. The predicted molar refractivity (Wildman–Crippen MR) is 79.1 cm³/mol. The molecule has 1 aromatic rings. The summed E-state index contributed by atoms with van der Waals surface area (Å²) < 4.78 is 38.3. The Kier molecular flexibility index (Phi) is 5.68. The fourth-order valence-corrected chi connectivity index (χ4v) is 3.14. The molecule has 21 heavy (non-hydrogen) atoms. The summed E-state index contributed by atoms with van der Waals surface area (Å²) in [7, 11) is 0. The number of benzene rings is 1. The molecule has 0 aliphatic heterocycles. The molecule has 1 nitrogen and oxygen atoms in total. The van der Waals surface area contributed by atoms with Crippen LogP contribution in [-0.2, 0) is 12.7 Å². The van der Waals surface area contributed by atoms with Gasteiger partial charge in [-0.25, -0.2) is 0 Å². The Morgan fingerprint density at radius 2 is 1.81 bits per heavy atom. The molecule has 0 atom stereocenters. The van der Waals surface area contributed by atoms with E-state index in [1.54, 1.807) is 6.92 Å². The molecule has 0 amide bonds. The molecule has 1 aliphatic rings. The van der Waals surface area contributed by atoms with Crippen molar-refractivity contribution in [3.63, 3.8) is 0 Å². The Balaban J connectivity index is 1.81. The van der Waals surface area contributed by atoms with E-state index < -0.39 is 11.7 Å². The molecule has 1 aromatic carbocycles. The summed E-state index contributed by atoms with van der Waals surface area (Å²) in [5.74, 6) is 0.800. The maximum absolute atomic E-state index is 12.8. The number of hydrogen-bond acceptors (Lipinski definition) is 1. The molecule has 0 heterocycles. The van der Waals surface area contributed by atoms with Crippen molar-refractivity contribution in [3.8, 4) is 0 Å². The van der Waals surface area contributed by atoms with Crippen molar-refractivity contribution >= 4 is 0 Å². The summed E-state index contributed by atoms with van der Waals surface area (Å²) in [4.78, 5) is 0. The summed E-state index contributed by atoms with van der Waals surface area (Å²) in [5.41, 5.74) is 0.825. The molecule has 118 valence electrons. The Bertz CT molecular complexity index is 448. The van der Waals surface area contributed by atoms with Gasteiger partial charge in [0.25, 0.3) is 0 Å². The van der Waals surface area contributed by atoms with Crippen molar-refractivity contribution in [3.05, 3.63) is 34.9 Å². The van der Waals surface area contributed by atoms with Gasteiger partial charge in [0.15, 0.2) is 0 Å². The van der Waals surface area contributed by atoms with E-state index in [2.05, 4.69) is 5.32 Å². The normalized spacial score (nSPS) is 17.1. The van der Waals surface area contributed by atoms with Crippen LogP contribution in [0.5, 0.6) is 0 Å². The van der Waals surface area contributed by atoms with Crippen molar-refractivity contribution < 1.29 is 13.2 Å². The fraction of sp³-hybridized carbons (Fsp3) is 0.647. The van der Waals surface area contributed by atoms with Crippen molar-refractivity contribution in [1.29, 1.82) is 0 Å². The maximum atomic E-state index is 12.8. The van der Waals surface area contributed by atoms with Crippen molar-refractivity contribution in [2.45, 2.75) is 58.2 Å². The van der Waals surface area contributed by atoms with E-state index in [4.69, 9.17) is 0 Å². The highest BCUT2D eigenvalue weighted by molar-refractivity contribution is 5.31. The van der Waals surface area contributed by atoms with E-state index in [0.717, 1.165) is 18.9 Å². The first-order valence-corrected chi connectivity index (χ1v) is 7.83. The largest absolute Gasteiger partial charge is 0.416 e. The van der Waals surface area contributed by atoms with Crippen LogP contribution in [0.25, 0.3) is 0 Å². The lowest BCUT2D eigenvalue weighted by Crippen LogP contribution is -2.19. The Morgan fingerprint density at radius 1 is 1.10 bits per heavy atom. The minimum atomic E-state index is -4.26. The topological polar surface area (TPSA) is 12.0 Å². The Labute approximate surface area is 124 Å². The number of aryl methyl sites for hydroxylation is 1. The zero-order valence-electron chi connectivity index (χ0n) is 12.6. The van der Waals surface area contributed by atoms with Crippen molar-refractivity contribution in [1.82, 2.24) is 5.32 Å². The fourth-order valence-electron chi connectivity index (χ4n) is 3.14. The molecule has 1 N–H and O–H groups in total. The molecule has 0 radical (unpaired) electrons. The molecule has 2 rings (SSSR count). The molecular weight excluding hydrogens is 275 g/mol. The first-order chi connectivity index (χ1) is 9.95. The third kappa shape index (κ3) is 5.34. The first-order valence-electron chi connectivity index (χ1n) is 7.83. The number of alkyl halides is 3. The van der Waals surface area contributed by atoms with E-state index in [1.165, 1.54) is 44.2 Å². The third-order valence-corrected chi connectivity index (χ3v) is 4.25. The molecule has 0 spiro atoms. The van der Waals surface area contributed by atoms with Crippen LogP contribution in [0.4, 0.5) is 13.2 Å². The Hall–Kier alpha value is -1.03. The number of rotatable bonds is 5. The summed E-state index contributed by atoms with van der Waals surface area (Å²) in [6.07, 6.45) is 3.51. The highest BCUT2D eigenvalue weighted by atomic mass is 19.4. The first kappa shape index (κ1) is 16.3. The molecule has 4 heteroatoms. The monoisotopic (exact) mass is 299 g/mol. The summed E-state index contributed by atoms with van der Waals surface area (Å²) >= 11 is 0. The highest BCUT2D eigenvalue weighted by Gasteiger charge is 2.30. The van der Waals surface area contributed by atoms with Crippen LogP contribution in [-0.4, -0.2) is 6.54 Å². The van der Waals surface area contributed by atoms with Crippen LogP contribution in [0.15, 0.2) is 18.2 Å². The van der Waals surface area contributed by atoms with Crippen molar-refractivity contribution in [2.75, 3.05) is 6.54 Å². The molecule has 0 saturated heterocycles. The van der Waals surface area contributed by atoms with E-state index in [1.807, 2.05) is 6.07 Å². The van der Waals surface area contributed by atoms with E-state index >= 15 is 0 Å². The molecule has 0 unspecified atom stereocenters. The van der Waals surface area contributed by atoms with Gasteiger partial charge in [0.2, 0.25) is 0 Å². The van der Waals surface area contributed by atoms with Gasteiger partial charge >= 0.3 is 6.18 Å². The van der Waals surface area contributed by atoms with Crippen LogP contribution in [0, 0.1) is 12.8 Å². The molecular formula is C17H24F3N. The van der Waals surface area contributed by atoms with E-state index in [-0.39, 0.29) is 0 Å². The highest BCUT2D eigenvalue weighted by Crippen LogP contribution is 2.30. The van der Waals surface area contributed by atoms with Crippen LogP contribution >= 0.6 is 0 Å². The van der Waals surface area contributed by atoms with Gasteiger partial charge in [-0.2, -0.15) is 13.2 Å². The Morgan fingerprint density at radius 3 is 2.48 bits per heavy atom. The van der Waals surface area contributed by atoms with Gasteiger partial charge in [-0.15, -0.1) is 0 Å². The average Bonchev–Trinajstić information content (AvgIpc) is 2.43. The molecule has 1 fully saturated rings. The minimum Gasteiger partial charge on any atom is -0.313 e. The second-order valence-electron chi connectivity index (χ2n) is 6.17. The standard InChI is InChI=1S/C17H24F3N/c1-13-9-15(11-16(10-13)17(18,19)20)12-21-8-7-14-5-3-2-4-6-14/h9-11,14,21H,2-8,12H2,1H3. The average molecular weight is 299 g/mol. The smallest absolute Gasteiger partial charge is 0.313 e. The van der Waals surface area contributed by atoms with E-state index in [0.29, 0.717) is 17.7 Å². The van der Waals surface area contributed by atoms with Gasteiger partial charge in [-0.3, -0.25) is 0 Å². The second kappa shape index (κ2) is 7.30. The zero-order valence-corrected chi connectivity index (χ0v) is 12.6. The molecule has 0 aromatic heterocycles. The summed E-state index contributed by atoms with van der Waals surface area (Å²) in [5, 5.41) is 3.29. The summed E-state index contributed by atoms with van der Waals surface area (Å²) in [6.45, 7) is 3.11. The second-order valence-corrected chi connectivity index (χ2v) is 6.17. The number of hydrogen-bond donors (Lipinski definition) is 1. The molecule has 1 saturated carbocycles. The zero-order chi connectivity index (χ0) is 15.3. The maximum Gasteiger partial charge on any atom is 0.416 e. The van der Waals surface area contributed by atoms with Gasteiger partial charge in [0, 0.05) is 6.54 Å². The lowest BCUT2D eigenvalue weighted by atomic mass is 9.87. The van der Waals surface area contributed by atoms with Crippen LogP contribution in [0.1, 0.15) is 55.2 Å². The third-order valence-electron chi connectivity index (χ3n) is 4.25. The van der Waals surface area contributed by atoms with Crippen LogP contribution in [0.3, 0.4) is 0 Å². The van der Waals surface area contributed by atoms with E-state index in [9.17, 15) is 13.2 Å². The van der Waals surface area contributed by atoms with Crippen LogP contribution in [0.2, 0.25) is 0 Å². The van der Waals surface area contributed by atoms with Gasteiger partial charge in [-0.05, 0) is 43.5 Å². The van der Waals surface area contributed by atoms with Crippen LogP contribution < -0.4 is 5.32 Å². The predicted octanol–water partition coefficient (Wildman–Crippen LogP) is 5.07. The molecule has 0 bridgehead atoms. The van der Waals surface area contributed by atoms with Gasteiger partial charge < -0.3 is 5.32 Å². The van der Waals surface area contributed by atoms with Gasteiger partial charge in [-0.1, -0.05) is 43.7 Å². The number of halogens is 3. The summed E-state index contributed by atoms with van der Waals surface area (Å²) in [6, 6.07) is 4.27. The van der Waals surface area contributed by atoms with Gasteiger partial charge in [0.05, 0.1) is 5.56 Å². The van der Waals surface area contributed by atoms with Gasteiger partial charge in [0.1, 0.15) is 0 Å². The molecule has 1 aliphatic carbocycles.